The average Bonchev–Trinajstić information content (AvgIpc) is 3.02. The lowest BCUT2D eigenvalue weighted by molar-refractivity contribution is -0.120. The van der Waals surface area contributed by atoms with Crippen molar-refractivity contribution in [3.05, 3.63) is 36.4 Å². The molecular formula is C16H17N3O3. The number of ether oxygens (including phenoxy) is 2. The number of nitrogens with zero attached hydrogens (tertiary/aromatic N) is 2. The van der Waals surface area contributed by atoms with Crippen LogP contribution in [0.5, 0.6) is 11.5 Å². The number of amides is 1. The average molecular weight is 299 g/mol. The molecule has 0 saturated carbocycles. The Labute approximate surface area is 128 Å². The molecule has 0 radical (unpaired) electrons. The van der Waals surface area contributed by atoms with Crippen molar-refractivity contribution in [2.75, 3.05) is 18.5 Å². The first-order chi connectivity index (χ1) is 10.8. The van der Waals surface area contributed by atoms with Gasteiger partial charge in [0, 0.05) is 42.5 Å². The number of anilines is 1. The molecule has 2 aliphatic heterocycles. The summed E-state index contributed by atoms with van der Waals surface area (Å²) in [6, 6.07) is 5.50. The molecule has 6 nitrogen and oxygen atoms in total. The molecule has 2 aliphatic rings. The largest absolute Gasteiger partial charge is 0.486 e. The molecule has 1 unspecified atom stereocenters. The van der Waals surface area contributed by atoms with Gasteiger partial charge in [0.1, 0.15) is 13.2 Å². The van der Waals surface area contributed by atoms with Crippen LogP contribution < -0.4 is 14.8 Å². The van der Waals surface area contributed by atoms with Crippen molar-refractivity contribution < 1.29 is 14.3 Å². The van der Waals surface area contributed by atoms with Crippen LogP contribution in [0.2, 0.25) is 0 Å². The first-order valence-corrected chi connectivity index (χ1v) is 7.49. The summed E-state index contributed by atoms with van der Waals surface area (Å²) in [6.07, 6.45) is 5.23. The van der Waals surface area contributed by atoms with Crippen LogP contribution in [0.4, 0.5) is 5.69 Å². The highest BCUT2D eigenvalue weighted by atomic mass is 16.6. The topological polar surface area (TPSA) is 65.4 Å². The van der Waals surface area contributed by atoms with Crippen LogP contribution in [-0.2, 0) is 17.8 Å². The van der Waals surface area contributed by atoms with E-state index in [0.717, 1.165) is 36.5 Å². The molecule has 0 spiro atoms. The van der Waals surface area contributed by atoms with Gasteiger partial charge in [0.15, 0.2) is 11.5 Å². The number of carbonyl (C=O) groups is 1. The summed E-state index contributed by atoms with van der Waals surface area (Å²) in [7, 11) is 0. The molecule has 0 aliphatic carbocycles. The van der Waals surface area contributed by atoms with Gasteiger partial charge in [-0.15, -0.1) is 0 Å². The molecule has 1 N–H and O–H groups in total. The maximum atomic E-state index is 12.5. The number of carbonyl (C=O) groups excluding carboxylic acids is 1. The SMILES string of the molecule is O=C(Nc1ccc2c(c1)OCCO2)C1CCn2cncc2C1. The quantitative estimate of drug-likeness (QED) is 0.919. The van der Waals surface area contributed by atoms with Gasteiger partial charge in [-0.05, 0) is 18.6 Å². The van der Waals surface area contributed by atoms with Crippen molar-refractivity contribution in [1.29, 1.82) is 0 Å². The van der Waals surface area contributed by atoms with Gasteiger partial charge in [-0.25, -0.2) is 4.98 Å². The number of benzene rings is 1. The fourth-order valence-electron chi connectivity index (χ4n) is 2.96. The van der Waals surface area contributed by atoms with E-state index in [0.29, 0.717) is 19.0 Å². The monoisotopic (exact) mass is 299 g/mol. The third-order valence-corrected chi connectivity index (χ3v) is 4.15. The first kappa shape index (κ1) is 13.2. The number of nitrogens with one attached hydrogen (secondary N) is 1. The summed E-state index contributed by atoms with van der Waals surface area (Å²) in [5, 5.41) is 2.98. The van der Waals surface area contributed by atoms with Crippen molar-refractivity contribution in [2.45, 2.75) is 19.4 Å². The number of aromatic nitrogens is 2. The molecule has 6 heteroatoms. The summed E-state index contributed by atoms with van der Waals surface area (Å²) < 4.78 is 13.1. The Bertz CT molecular complexity index is 710. The van der Waals surface area contributed by atoms with Gasteiger partial charge in [0.25, 0.3) is 0 Å². The normalized spacial score (nSPS) is 19.4. The van der Waals surface area contributed by atoms with E-state index in [2.05, 4.69) is 14.9 Å². The number of imidazole rings is 1. The molecule has 0 bridgehead atoms. The maximum Gasteiger partial charge on any atom is 0.227 e. The van der Waals surface area contributed by atoms with E-state index >= 15 is 0 Å². The number of rotatable bonds is 2. The Kier molecular flexibility index (Phi) is 3.21. The van der Waals surface area contributed by atoms with E-state index in [1.807, 2.05) is 30.7 Å². The Morgan fingerprint density at radius 3 is 3.05 bits per heavy atom. The zero-order valence-corrected chi connectivity index (χ0v) is 12.1. The van der Waals surface area contributed by atoms with Crippen LogP contribution in [0, 0.1) is 5.92 Å². The van der Waals surface area contributed by atoms with Gasteiger partial charge in [-0.2, -0.15) is 0 Å². The molecular weight excluding hydrogens is 282 g/mol. The number of fused-ring (bicyclic) bond motifs is 2. The van der Waals surface area contributed by atoms with Crippen LogP contribution in [0.3, 0.4) is 0 Å². The molecule has 0 saturated heterocycles. The van der Waals surface area contributed by atoms with Crippen LogP contribution in [-0.4, -0.2) is 28.7 Å². The molecule has 114 valence electrons. The second-order valence-corrected chi connectivity index (χ2v) is 5.62. The Morgan fingerprint density at radius 1 is 1.27 bits per heavy atom. The summed E-state index contributed by atoms with van der Waals surface area (Å²) >= 11 is 0. The summed E-state index contributed by atoms with van der Waals surface area (Å²) in [4.78, 5) is 16.6. The lowest BCUT2D eigenvalue weighted by Crippen LogP contribution is -2.30. The van der Waals surface area contributed by atoms with Gasteiger partial charge >= 0.3 is 0 Å². The lowest BCUT2D eigenvalue weighted by Gasteiger charge is -2.23. The molecule has 22 heavy (non-hydrogen) atoms. The van der Waals surface area contributed by atoms with Crippen molar-refractivity contribution in [3.63, 3.8) is 0 Å². The van der Waals surface area contributed by atoms with Gasteiger partial charge in [-0.3, -0.25) is 4.79 Å². The number of aryl methyl sites for hydroxylation is 1. The van der Waals surface area contributed by atoms with E-state index in [9.17, 15) is 4.79 Å². The molecule has 4 rings (SSSR count). The van der Waals surface area contributed by atoms with E-state index in [-0.39, 0.29) is 11.8 Å². The highest BCUT2D eigenvalue weighted by Gasteiger charge is 2.25. The highest BCUT2D eigenvalue weighted by molar-refractivity contribution is 5.93. The number of hydrogen-bond donors (Lipinski definition) is 1. The number of hydrogen-bond acceptors (Lipinski definition) is 4. The molecule has 1 amide bonds. The third-order valence-electron chi connectivity index (χ3n) is 4.15. The Balaban J connectivity index is 1.46. The fraction of sp³-hybridized carbons (Fsp3) is 0.375. The predicted molar refractivity (Wildman–Crippen MR) is 80.1 cm³/mol. The molecule has 1 aromatic carbocycles. The molecule has 1 aromatic heterocycles. The molecule has 2 aromatic rings. The zero-order chi connectivity index (χ0) is 14.9. The third kappa shape index (κ3) is 2.41. The minimum Gasteiger partial charge on any atom is -0.486 e. The van der Waals surface area contributed by atoms with Gasteiger partial charge in [0.05, 0.1) is 6.33 Å². The van der Waals surface area contributed by atoms with E-state index in [4.69, 9.17) is 9.47 Å². The second-order valence-electron chi connectivity index (χ2n) is 5.62. The summed E-state index contributed by atoms with van der Waals surface area (Å²) in [5.74, 6) is 1.44. The summed E-state index contributed by atoms with van der Waals surface area (Å²) in [6.45, 7) is 1.94. The Hall–Kier alpha value is -2.50. The van der Waals surface area contributed by atoms with Crippen LogP contribution in [0.1, 0.15) is 12.1 Å². The first-order valence-electron chi connectivity index (χ1n) is 7.49. The van der Waals surface area contributed by atoms with Crippen molar-refractivity contribution >= 4 is 11.6 Å². The molecule has 3 heterocycles. The highest BCUT2D eigenvalue weighted by Crippen LogP contribution is 2.33. The minimum atomic E-state index is -0.0163. The molecule has 1 atom stereocenters. The van der Waals surface area contributed by atoms with Crippen LogP contribution >= 0.6 is 0 Å². The lowest BCUT2D eigenvalue weighted by atomic mass is 9.95. The second kappa shape index (κ2) is 5.36. The standard InChI is InChI=1S/C16H17N3O3/c20-16(11-3-4-19-10-17-9-13(19)7-11)18-12-1-2-14-15(8-12)22-6-5-21-14/h1-2,8-11H,3-7H2,(H,18,20). The summed E-state index contributed by atoms with van der Waals surface area (Å²) in [5.41, 5.74) is 1.86. The smallest absolute Gasteiger partial charge is 0.227 e. The van der Waals surface area contributed by atoms with Crippen molar-refractivity contribution in [2.24, 2.45) is 5.92 Å². The fourth-order valence-corrected chi connectivity index (χ4v) is 2.96. The van der Waals surface area contributed by atoms with E-state index in [1.54, 1.807) is 0 Å². The zero-order valence-electron chi connectivity index (χ0n) is 12.1. The Morgan fingerprint density at radius 2 is 2.14 bits per heavy atom. The van der Waals surface area contributed by atoms with E-state index < -0.39 is 0 Å². The van der Waals surface area contributed by atoms with E-state index in [1.165, 1.54) is 0 Å². The van der Waals surface area contributed by atoms with Gasteiger partial charge in [-0.1, -0.05) is 0 Å². The molecule has 0 fully saturated rings. The van der Waals surface area contributed by atoms with Crippen LogP contribution in [0.15, 0.2) is 30.7 Å². The van der Waals surface area contributed by atoms with Crippen molar-refractivity contribution in [1.82, 2.24) is 9.55 Å². The minimum absolute atomic E-state index is 0.0163. The van der Waals surface area contributed by atoms with Gasteiger partial charge in [0.2, 0.25) is 5.91 Å². The maximum absolute atomic E-state index is 12.5. The van der Waals surface area contributed by atoms with Crippen LogP contribution in [0.25, 0.3) is 0 Å². The van der Waals surface area contributed by atoms with Gasteiger partial charge < -0.3 is 19.4 Å². The van der Waals surface area contributed by atoms with Crippen molar-refractivity contribution in [3.8, 4) is 11.5 Å². The predicted octanol–water partition coefficient (Wildman–Crippen LogP) is 1.86.